The summed E-state index contributed by atoms with van der Waals surface area (Å²) in [7, 11) is 0. The highest BCUT2D eigenvalue weighted by Gasteiger charge is 2.10. The van der Waals surface area contributed by atoms with Crippen molar-refractivity contribution < 1.29 is 4.74 Å². The standard InChI is InChI=1S/C33H26N4O/c34-29(15-28-20-37-33-9-5-4-8-32(28)33)22-38-31-17-27(18-35-21-31)24-11-12-25-19-36-30(16-26(25)14-24)13-10-23-6-2-1-3-7-23/h1-9,11-12,14,16-21,29,37H,15,22,34H2/t29-/m0/s1. The van der Waals surface area contributed by atoms with Crippen LogP contribution in [0.4, 0.5) is 0 Å². The maximum atomic E-state index is 6.41. The number of hydrogen-bond acceptors (Lipinski definition) is 4. The summed E-state index contributed by atoms with van der Waals surface area (Å²) in [6, 6.07) is 28.3. The van der Waals surface area contributed by atoms with Gasteiger partial charge in [0, 0.05) is 52.0 Å². The first-order valence-corrected chi connectivity index (χ1v) is 12.6. The molecule has 1 atom stereocenters. The zero-order chi connectivity index (χ0) is 25.7. The van der Waals surface area contributed by atoms with E-state index in [0.29, 0.717) is 12.4 Å². The minimum atomic E-state index is -0.138. The van der Waals surface area contributed by atoms with Crippen molar-refractivity contribution in [2.24, 2.45) is 5.73 Å². The zero-order valence-corrected chi connectivity index (χ0v) is 20.8. The minimum Gasteiger partial charge on any atom is -0.490 e. The number of nitrogens with zero attached hydrogens (tertiary/aromatic N) is 2. The Morgan fingerprint density at radius 1 is 0.816 bits per heavy atom. The Balaban J connectivity index is 1.16. The van der Waals surface area contributed by atoms with Gasteiger partial charge in [-0.25, -0.2) is 4.98 Å². The smallest absolute Gasteiger partial charge is 0.138 e. The van der Waals surface area contributed by atoms with Crippen LogP contribution in [0.5, 0.6) is 5.75 Å². The maximum absolute atomic E-state index is 6.41. The van der Waals surface area contributed by atoms with Gasteiger partial charge in [-0.1, -0.05) is 54.5 Å². The molecule has 38 heavy (non-hydrogen) atoms. The van der Waals surface area contributed by atoms with Gasteiger partial charge in [-0.15, -0.1) is 0 Å². The molecule has 6 aromatic rings. The Bertz CT molecular complexity index is 1780. The molecule has 0 bridgehead atoms. The maximum Gasteiger partial charge on any atom is 0.138 e. The summed E-state index contributed by atoms with van der Waals surface area (Å²) in [5.41, 5.74) is 12.5. The highest BCUT2D eigenvalue weighted by molar-refractivity contribution is 5.87. The van der Waals surface area contributed by atoms with Gasteiger partial charge in [0.15, 0.2) is 0 Å². The number of pyridine rings is 2. The molecule has 0 spiro atoms. The van der Waals surface area contributed by atoms with Crippen molar-refractivity contribution in [2.75, 3.05) is 6.61 Å². The second-order valence-corrected chi connectivity index (χ2v) is 9.29. The van der Waals surface area contributed by atoms with Gasteiger partial charge < -0.3 is 15.5 Å². The number of benzene rings is 3. The van der Waals surface area contributed by atoms with Crippen molar-refractivity contribution in [2.45, 2.75) is 12.5 Å². The summed E-state index contributed by atoms with van der Waals surface area (Å²) in [6.45, 7) is 0.400. The third-order valence-corrected chi connectivity index (χ3v) is 6.50. The van der Waals surface area contributed by atoms with Gasteiger partial charge in [0.2, 0.25) is 0 Å². The number of aromatic amines is 1. The van der Waals surface area contributed by atoms with Crippen molar-refractivity contribution in [3.63, 3.8) is 0 Å². The lowest BCUT2D eigenvalue weighted by Gasteiger charge is -2.13. The summed E-state index contributed by atoms with van der Waals surface area (Å²) in [4.78, 5) is 12.2. The first-order valence-electron chi connectivity index (χ1n) is 12.6. The van der Waals surface area contributed by atoms with E-state index in [9.17, 15) is 0 Å². The van der Waals surface area contributed by atoms with E-state index in [1.54, 1.807) is 6.20 Å². The fourth-order valence-electron chi connectivity index (χ4n) is 4.55. The van der Waals surface area contributed by atoms with Gasteiger partial charge in [0.1, 0.15) is 18.1 Å². The van der Waals surface area contributed by atoms with Gasteiger partial charge in [0.05, 0.1) is 6.20 Å². The third-order valence-electron chi connectivity index (χ3n) is 6.50. The zero-order valence-electron chi connectivity index (χ0n) is 20.8. The highest BCUT2D eigenvalue weighted by atomic mass is 16.5. The molecule has 0 radical (unpaired) electrons. The summed E-state index contributed by atoms with van der Waals surface area (Å²) in [6.07, 6.45) is 8.19. The Labute approximate surface area is 221 Å². The largest absolute Gasteiger partial charge is 0.490 e. The Hall–Kier alpha value is -4.92. The van der Waals surface area contributed by atoms with Gasteiger partial charge in [-0.3, -0.25) is 4.98 Å². The number of nitrogens with two attached hydrogens (primary N) is 1. The van der Waals surface area contributed by atoms with Gasteiger partial charge in [-0.2, -0.15) is 0 Å². The topological polar surface area (TPSA) is 76.8 Å². The molecule has 6 rings (SSSR count). The van der Waals surface area contributed by atoms with Crippen molar-refractivity contribution in [3.05, 3.63) is 127 Å². The van der Waals surface area contributed by atoms with Crippen molar-refractivity contribution in [1.82, 2.24) is 15.0 Å². The Morgan fingerprint density at radius 2 is 1.68 bits per heavy atom. The second-order valence-electron chi connectivity index (χ2n) is 9.29. The number of hydrogen-bond donors (Lipinski definition) is 2. The molecule has 3 heterocycles. The molecule has 0 aliphatic carbocycles. The molecule has 3 N–H and O–H groups in total. The van der Waals surface area contributed by atoms with Crippen LogP contribution in [0, 0.1) is 11.8 Å². The highest BCUT2D eigenvalue weighted by Crippen LogP contribution is 2.27. The quantitative estimate of drug-likeness (QED) is 0.273. The van der Waals surface area contributed by atoms with Gasteiger partial charge in [-0.05, 0) is 65.3 Å². The van der Waals surface area contributed by atoms with Gasteiger partial charge in [0.25, 0.3) is 0 Å². The summed E-state index contributed by atoms with van der Waals surface area (Å²) < 4.78 is 6.05. The third kappa shape index (κ3) is 5.27. The molecule has 0 aliphatic heterocycles. The first-order chi connectivity index (χ1) is 18.7. The lowest BCUT2D eigenvalue weighted by Crippen LogP contribution is -2.30. The fraction of sp³-hybridized carbons (Fsp3) is 0.0909. The molecule has 0 fully saturated rings. The van der Waals surface area contributed by atoms with Crippen LogP contribution in [0.25, 0.3) is 32.8 Å². The van der Waals surface area contributed by atoms with Crippen LogP contribution in [0.2, 0.25) is 0 Å². The molecule has 0 saturated carbocycles. The minimum absolute atomic E-state index is 0.138. The average molecular weight is 495 g/mol. The van der Waals surface area contributed by atoms with Crippen LogP contribution in [-0.2, 0) is 6.42 Å². The van der Waals surface area contributed by atoms with Crippen molar-refractivity contribution in [1.29, 1.82) is 0 Å². The van der Waals surface area contributed by atoms with E-state index in [0.717, 1.165) is 45.1 Å². The van der Waals surface area contributed by atoms with E-state index < -0.39 is 0 Å². The molecule has 0 amide bonds. The van der Waals surface area contributed by atoms with Crippen LogP contribution < -0.4 is 10.5 Å². The van der Waals surface area contributed by atoms with Crippen LogP contribution >= 0.6 is 0 Å². The SMILES string of the molecule is N[C@H](COc1cncc(-c2ccc3cnc(C#Cc4ccccc4)cc3c2)c1)Cc1c[nH]c2ccccc12. The molecule has 3 aromatic heterocycles. The predicted molar refractivity (Wildman–Crippen MR) is 153 cm³/mol. The molecule has 3 aromatic carbocycles. The molecule has 0 aliphatic rings. The monoisotopic (exact) mass is 494 g/mol. The molecule has 0 saturated heterocycles. The van der Waals surface area contributed by atoms with Crippen molar-refractivity contribution >= 4 is 21.7 Å². The number of H-pyrrole nitrogens is 1. The lowest BCUT2D eigenvalue weighted by atomic mass is 10.0. The Morgan fingerprint density at radius 3 is 2.61 bits per heavy atom. The van der Waals surface area contributed by atoms with Crippen LogP contribution in [0.1, 0.15) is 16.8 Å². The normalized spacial score (nSPS) is 11.7. The van der Waals surface area contributed by atoms with E-state index in [4.69, 9.17) is 10.5 Å². The van der Waals surface area contributed by atoms with E-state index in [2.05, 4.69) is 57.1 Å². The first kappa shape index (κ1) is 23.5. The fourth-order valence-corrected chi connectivity index (χ4v) is 4.55. The van der Waals surface area contributed by atoms with Crippen LogP contribution in [0.15, 0.2) is 110 Å². The average Bonchev–Trinajstić information content (AvgIpc) is 3.38. The molecular formula is C33H26N4O. The number of rotatable bonds is 6. The molecule has 5 heteroatoms. The number of aromatic nitrogens is 3. The second kappa shape index (κ2) is 10.6. The van der Waals surface area contributed by atoms with E-state index in [1.165, 1.54) is 10.9 Å². The van der Waals surface area contributed by atoms with Crippen LogP contribution in [-0.4, -0.2) is 27.6 Å². The van der Waals surface area contributed by atoms with E-state index in [-0.39, 0.29) is 6.04 Å². The number of ether oxygens (including phenoxy) is 1. The van der Waals surface area contributed by atoms with E-state index >= 15 is 0 Å². The van der Waals surface area contributed by atoms with Crippen LogP contribution in [0.3, 0.4) is 0 Å². The Kier molecular flexibility index (Phi) is 6.55. The summed E-state index contributed by atoms with van der Waals surface area (Å²) in [5, 5.41) is 3.33. The molecule has 184 valence electrons. The number of fused-ring (bicyclic) bond motifs is 2. The molecule has 0 unspecified atom stereocenters. The number of nitrogens with one attached hydrogen (secondary N) is 1. The van der Waals surface area contributed by atoms with Crippen molar-refractivity contribution in [3.8, 4) is 28.7 Å². The molecular weight excluding hydrogens is 468 g/mol. The van der Waals surface area contributed by atoms with E-state index in [1.807, 2.05) is 73.2 Å². The number of para-hydroxylation sites is 1. The van der Waals surface area contributed by atoms with Gasteiger partial charge >= 0.3 is 0 Å². The molecule has 5 nitrogen and oxygen atoms in total. The summed E-state index contributed by atoms with van der Waals surface area (Å²) in [5.74, 6) is 7.04. The summed E-state index contributed by atoms with van der Waals surface area (Å²) >= 11 is 0. The predicted octanol–water partition coefficient (Wildman–Crippen LogP) is 6.13. The lowest BCUT2D eigenvalue weighted by molar-refractivity contribution is 0.287.